The summed E-state index contributed by atoms with van der Waals surface area (Å²) >= 11 is 0. The summed E-state index contributed by atoms with van der Waals surface area (Å²) in [6.07, 6.45) is 4.62. The summed E-state index contributed by atoms with van der Waals surface area (Å²) in [6, 6.07) is 0. The van der Waals surface area contributed by atoms with Crippen LogP contribution in [0.4, 0.5) is 0 Å². The molecule has 0 rings (SSSR count). The summed E-state index contributed by atoms with van der Waals surface area (Å²) in [6.45, 7) is 19.4. The number of hydrogen-bond donors (Lipinski definition) is 0. The van der Waals surface area contributed by atoms with Gasteiger partial charge in [-0.3, -0.25) is 0 Å². The zero-order valence-electron chi connectivity index (χ0n) is 13.8. The van der Waals surface area contributed by atoms with Crippen molar-refractivity contribution in [2.24, 2.45) is 0 Å². The van der Waals surface area contributed by atoms with Gasteiger partial charge in [0, 0.05) is 6.61 Å². The fourth-order valence-corrected chi connectivity index (χ4v) is 8.72. The Bertz CT molecular complexity index is 228. The van der Waals surface area contributed by atoms with E-state index in [1.807, 2.05) is 0 Å². The first-order valence-corrected chi connectivity index (χ1v) is 9.66. The predicted molar refractivity (Wildman–Crippen MR) is 85.7 cm³/mol. The van der Waals surface area contributed by atoms with E-state index in [0.29, 0.717) is 16.6 Å². The minimum Gasteiger partial charge on any atom is -0.416 e. The Kier molecular flexibility index (Phi) is 8.12. The minimum absolute atomic E-state index is 0.695. The van der Waals surface area contributed by atoms with Crippen LogP contribution in [-0.2, 0) is 4.43 Å². The lowest BCUT2D eigenvalue weighted by Gasteiger charge is -2.42. The standard InChI is InChI=1S/C16H34OSi/c1-13(2)11-9-10-12-17-18(14(3)4,15(5)6)16(7)8/h11,14-16H,9-10,12H2,1-8H3. The molecule has 1 nitrogen and oxygen atoms in total. The normalized spacial score (nSPS) is 12.6. The fraction of sp³-hybridized carbons (Fsp3) is 0.875. The second-order valence-corrected chi connectivity index (χ2v) is 12.0. The van der Waals surface area contributed by atoms with E-state index in [0.717, 1.165) is 19.4 Å². The highest BCUT2D eigenvalue weighted by atomic mass is 28.4. The molecule has 0 amide bonds. The van der Waals surface area contributed by atoms with E-state index in [9.17, 15) is 0 Å². The Labute approximate surface area is 116 Å². The highest BCUT2D eigenvalue weighted by molar-refractivity contribution is 6.77. The van der Waals surface area contributed by atoms with Crippen molar-refractivity contribution in [2.75, 3.05) is 6.61 Å². The predicted octanol–water partition coefficient (Wildman–Crippen LogP) is 5.92. The average molecular weight is 271 g/mol. The molecule has 0 saturated carbocycles. The molecule has 0 aromatic carbocycles. The van der Waals surface area contributed by atoms with E-state index in [-0.39, 0.29) is 0 Å². The molecule has 0 aliphatic carbocycles. The molecule has 0 aliphatic heterocycles. The Hall–Kier alpha value is -0.0831. The smallest absolute Gasteiger partial charge is 0.200 e. The van der Waals surface area contributed by atoms with Gasteiger partial charge in [0.1, 0.15) is 0 Å². The molecule has 0 aliphatic rings. The number of rotatable bonds is 8. The third-order valence-electron chi connectivity index (χ3n) is 3.96. The highest BCUT2D eigenvalue weighted by Gasteiger charge is 2.44. The second-order valence-electron chi connectivity index (χ2n) is 6.59. The minimum atomic E-state index is -1.63. The van der Waals surface area contributed by atoms with Crippen LogP contribution < -0.4 is 0 Å². The van der Waals surface area contributed by atoms with Gasteiger partial charge >= 0.3 is 0 Å². The number of allylic oxidation sites excluding steroid dienone is 2. The maximum atomic E-state index is 6.51. The van der Waals surface area contributed by atoms with Gasteiger partial charge < -0.3 is 4.43 Å². The molecule has 0 radical (unpaired) electrons. The van der Waals surface area contributed by atoms with Crippen molar-refractivity contribution in [3.05, 3.63) is 11.6 Å². The Morgan fingerprint density at radius 2 is 1.39 bits per heavy atom. The van der Waals surface area contributed by atoms with Crippen molar-refractivity contribution in [1.29, 1.82) is 0 Å². The lowest BCUT2D eigenvalue weighted by Crippen LogP contribution is -2.47. The monoisotopic (exact) mass is 270 g/mol. The fourth-order valence-electron chi connectivity index (χ4n) is 3.22. The van der Waals surface area contributed by atoms with Crippen LogP contribution in [0.25, 0.3) is 0 Å². The average Bonchev–Trinajstić information content (AvgIpc) is 2.20. The van der Waals surface area contributed by atoms with Gasteiger partial charge in [0.15, 0.2) is 8.32 Å². The molecule has 18 heavy (non-hydrogen) atoms. The van der Waals surface area contributed by atoms with Crippen LogP contribution in [0.2, 0.25) is 16.6 Å². The maximum Gasteiger partial charge on any atom is 0.200 e. The van der Waals surface area contributed by atoms with Gasteiger partial charge in [-0.2, -0.15) is 0 Å². The number of hydrogen-bond acceptors (Lipinski definition) is 1. The van der Waals surface area contributed by atoms with E-state index in [1.54, 1.807) is 0 Å². The summed E-state index contributed by atoms with van der Waals surface area (Å²) in [5, 5.41) is 0. The quantitative estimate of drug-likeness (QED) is 0.302. The van der Waals surface area contributed by atoms with Crippen molar-refractivity contribution >= 4 is 8.32 Å². The first kappa shape index (κ1) is 17.9. The van der Waals surface area contributed by atoms with Crippen LogP contribution in [0.1, 0.15) is 68.2 Å². The zero-order valence-corrected chi connectivity index (χ0v) is 14.8. The van der Waals surface area contributed by atoms with Crippen LogP contribution in [0.5, 0.6) is 0 Å². The van der Waals surface area contributed by atoms with Crippen molar-refractivity contribution in [2.45, 2.75) is 84.9 Å². The topological polar surface area (TPSA) is 9.23 Å². The Morgan fingerprint density at radius 3 is 1.72 bits per heavy atom. The third kappa shape index (κ3) is 4.89. The van der Waals surface area contributed by atoms with Crippen molar-refractivity contribution in [3.63, 3.8) is 0 Å². The summed E-state index contributed by atoms with van der Waals surface area (Å²) < 4.78 is 6.51. The summed E-state index contributed by atoms with van der Waals surface area (Å²) in [5.74, 6) is 0. The molecule has 0 saturated heterocycles. The van der Waals surface area contributed by atoms with Crippen molar-refractivity contribution in [1.82, 2.24) is 0 Å². The maximum absolute atomic E-state index is 6.51. The highest BCUT2D eigenvalue weighted by Crippen LogP contribution is 2.42. The Morgan fingerprint density at radius 1 is 0.944 bits per heavy atom. The Balaban J connectivity index is 4.48. The molecule has 0 aromatic rings. The molecule has 0 atom stereocenters. The molecule has 2 heteroatoms. The van der Waals surface area contributed by atoms with Crippen LogP contribution in [0.15, 0.2) is 11.6 Å². The molecule has 0 aromatic heterocycles. The van der Waals surface area contributed by atoms with E-state index >= 15 is 0 Å². The number of unbranched alkanes of at least 4 members (excludes halogenated alkanes) is 1. The molecule has 0 heterocycles. The van der Waals surface area contributed by atoms with Gasteiger partial charge in [-0.1, -0.05) is 53.2 Å². The largest absolute Gasteiger partial charge is 0.416 e. The van der Waals surface area contributed by atoms with E-state index in [2.05, 4.69) is 61.5 Å². The molecule has 0 unspecified atom stereocenters. The van der Waals surface area contributed by atoms with Gasteiger partial charge in [0.25, 0.3) is 0 Å². The molecular formula is C16H34OSi. The van der Waals surface area contributed by atoms with Gasteiger partial charge in [0.2, 0.25) is 0 Å². The third-order valence-corrected chi connectivity index (χ3v) is 10.1. The van der Waals surface area contributed by atoms with Crippen LogP contribution in [0.3, 0.4) is 0 Å². The van der Waals surface area contributed by atoms with E-state index < -0.39 is 8.32 Å². The van der Waals surface area contributed by atoms with Crippen LogP contribution in [0, 0.1) is 0 Å². The van der Waals surface area contributed by atoms with Gasteiger partial charge in [-0.25, -0.2) is 0 Å². The molecule has 0 bridgehead atoms. The lowest BCUT2D eigenvalue weighted by molar-refractivity contribution is 0.273. The summed E-state index contributed by atoms with van der Waals surface area (Å²) in [4.78, 5) is 0. The molecule has 0 fully saturated rings. The SMILES string of the molecule is CC(C)=CCCCO[Si](C(C)C)(C(C)C)C(C)C. The van der Waals surface area contributed by atoms with Gasteiger partial charge in [-0.15, -0.1) is 0 Å². The van der Waals surface area contributed by atoms with Gasteiger partial charge in [-0.05, 0) is 43.3 Å². The van der Waals surface area contributed by atoms with Gasteiger partial charge in [0.05, 0.1) is 0 Å². The molecular weight excluding hydrogens is 236 g/mol. The van der Waals surface area contributed by atoms with Crippen molar-refractivity contribution in [3.8, 4) is 0 Å². The lowest BCUT2D eigenvalue weighted by atomic mass is 10.2. The van der Waals surface area contributed by atoms with Crippen LogP contribution >= 0.6 is 0 Å². The molecule has 0 N–H and O–H groups in total. The van der Waals surface area contributed by atoms with Crippen molar-refractivity contribution < 1.29 is 4.43 Å². The summed E-state index contributed by atoms with van der Waals surface area (Å²) in [7, 11) is -1.63. The first-order valence-electron chi connectivity index (χ1n) is 7.52. The van der Waals surface area contributed by atoms with E-state index in [4.69, 9.17) is 4.43 Å². The molecule has 108 valence electrons. The zero-order chi connectivity index (χ0) is 14.3. The first-order chi connectivity index (χ1) is 8.25. The van der Waals surface area contributed by atoms with Crippen LogP contribution in [-0.4, -0.2) is 14.9 Å². The second kappa shape index (κ2) is 8.16. The molecule has 0 spiro atoms. The summed E-state index contributed by atoms with van der Waals surface area (Å²) in [5.41, 5.74) is 3.50. The van der Waals surface area contributed by atoms with E-state index in [1.165, 1.54) is 5.57 Å².